The van der Waals surface area contributed by atoms with E-state index in [1.165, 1.54) is 12.1 Å². The second kappa shape index (κ2) is 6.05. The molecule has 1 fully saturated rings. The molecule has 0 bridgehead atoms. The van der Waals surface area contributed by atoms with Crippen molar-refractivity contribution in [1.29, 1.82) is 0 Å². The number of hydrogen-bond acceptors (Lipinski definition) is 3. The summed E-state index contributed by atoms with van der Waals surface area (Å²) in [4.78, 5) is 16.2. The molecule has 0 spiro atoms. The summed E-state index contributed by atoms with van der Waals surface area (Å²) >= 11 is 2.04. The molecular weight excluding hydrogens is 386 g/mol. The molecule has 0 N–H and O–H groups in total. The van der Waals surface area contributed by atoms with Gasteiger partial charge in [0.1, 0.15) is 5.82 Å². The van der Waals surface area contributed by atoms with Gasteiger partial charge in [-0.15, -0.1) is 0 Å². The Morgan fingerprint density at radius 2 is 1.71 bits per heavy atom. The zero-order valence-electron chi connectivity index (χ0n) is 11.3. The number of benzene rings is 1. The van der Waals surface area contributed by atoms with Gasteiger partial charge in [0.05, 0.1) is 0 Å². The quantitative estimate of drug-likeness (QED) is 0.728. The molecule has 1 aromatic carbocycles. The first-order chi connectivity index (χ1) is 10.1. The van der Waals surface area contributed by atoms with Crippen molar-refractivity contribution < 1.29 is 13.6 Å². The number of amides is 1. The van der Waals surface area contributed by atoms with E-state index in [-0.39, 0.29) is 11.7 Å². The van der Waals surface area contributed by atoms with Crippen LogP contribution in [-0.4, -0.2) is 37.0 Å². The van der Waals surface area contributed by atoms with Gasteiger partial charge in [0, 0.05) is 31.9 Å². The van der Waals surface area contributed by atoms with Crippen molar-refractivity contribution in [2.24, 2.45) is 0 Å². The average Bonchev–Trinajstić information content (AvgIpc) is 2.94. The Kier molecular flexibility index (Phi) is 4.14. The molecule has 3 rings (SSSR count). The highest BCUT2D eigenvalue weighted by atomic mass is 127. The van der Waals surface area contributed by atoms with Crippen LogP contribution in [0.25, 0.3) is 0 Å². The predicted molar refractivity (Wildman–Crippen MR) is 85.9 cm³/mol. The monoisotopic (exact) mass is 400 g/mol. The fourth-order valence-corrected chi connectivity index (χ4v) is 2.82. The number of anilines is 1. The van der Waals surface area contributed by atoms with Gasteiger partial charge in [-0.05, 0) is 59.0 Å². The Labute approximate surface area is 135 Å². The fourth-order valence-electron chi connectivity index (χ4n) is 2.40. The van der Waals surface area contributed by atoms with Gasteiger partial charge in [0.15, 0.2) is 9.53 Å². The van der Waals surface area contributed by atoms with Crippen LogP contribution in [0.2, 0.25) is 0 Å². The van der Waals surface area contributed by atoms with E-state index in [9.17, 15) is 9.18 Å². The molecule has 1 saturated heterocycles. The molecule has 2 aromatic rings. The summed E-state index contributed by atoms with van der Waals surface area (Å²) < 4.78 is 19.0. The number of carbonyl (C=O) groups excluding carboxylic acids is 1. The van der Waals surface area contributed by atoms with Gasteiger partial charge in [-0.1, -0.05) is 0 Å². The summed E-state index contributed by atoms with van der Waals surface area (Å²) in [6.07, 6.45) is 0. The summed E-state index contributed by atoms with van der Waals surface area (Å²) in [6.45, 7) is 2.73. The van der Waals surface area contributed by atoms with Gasteiger partial charge in [0.25, 0.3) is 5.91 Å². The third-order valence-electron chi connectivity index (χ3n) is 3.54. The molecule has 1 aliphatic heterocycles. The highest BCUT2D eigenvalue weighted by Crippen LogP contribution is 2.18. The van der Waals surface area contributed by atoms with Gasteiger partial charge in [-0.3, -0.25) is 4.79 Å². The van der Waals surface area contributed by atoms with Gasteiger partial charge in [-0.25, -0.2) is 4.39 Å². The maximum Gasteiger partial charge on any atom is 0.289 e. The first kappa shape index (κ1) is 14.4. The average molecular weight is 400 g/mol. The molecule has 0 saturated carbocycles. The van der Waals surface area contributed by atoms with Crippen molar-refractivity contribution in [3.8, 4) is 0 Å². The van der Waals surface area contributed by atoms with E-state index >= 15 is 0 Å². The Balaban J connectivity index is 1.62. The number of carbonyl (C=O) groups is 1. The van der Waals surface area contributed by atoms with Gasteiger partial charge < -0.3 is 14.2 Å². The molecule has 4 nitrogen and oxygen atoms in total. The second-order valence-corrected chi connectivity index (χ2v) is 5.92. The molecule has 1 aromatic heterocycles. The van der Waals surface area contributed by atoms with Gasteiger partial charge in [-0.2, -0.15) is 0 Å². The third-order valence-corrected chi connectivity index (χ3v) is 4.12. The minimum atomic E-state index is -0.236. The molecule has 0 aliphatic carbocycles. The smallest absolute Gasteiger partial charge is 0.289 e. The molecule has 1 aliphatic rings. The SMILES string of the molecule is O=C(c1ccc(I)o1)N1CCN(c2ccc(F)cc2)CC1. The second-order valence-electron chi connectivity index (χ2n) is 4.86. The van der Waals surface area contributed by atoms with E-state index in [0.29, 0.717) is 22.6 Å². The number of halogens is 2. The molecule has 21 heavy (non-hydrogen) atoms. The van der Waals surface area contributed by atoms with Crippen molar-refractivity contribution in [2.45, 2.75) is 0 Å². The van der Waals surface area contributed by atoms with Crippen LogP contribution in [0, 0.1) is 9.58 Å². The molecule has 0 atom stereocenters. The van der Waals surface area contributed by atoms with Crippen LogP contribution in [0.15, 0.2) is 40.8 Å². The standard InChI is InChI=1S/C15H14FIN2O2/c16-11-1-3-12(4-2-11)18-7-9-19(10-8-18)15(20)13-5-6-14(17)21-13/h1-6H,7-10H2. The van der Waals surface area contributed by atoms with Crippen LogP contribution >= 0.6 is 22.6 Å². The first-order valence-electron chi connectivity index (χ1n) is 6.68. The Bertz CT molecular complexity index is 633. The number of piperazine rings is 1. The van der Waals surface area contributed by atoms with Crippen molar-refractivity contribution in [1.82, 2.24) is 4.90 Å². The molecule has 110 valence electrons. The van der Waals surface area contributed by atoms with E-state index < -0.39 is 0 Å². The summed E-state index contributed by atoms with van der Waals surface area (Å²) in [5.41, 5.74) is 0.982. The lowest BCUT2D eigenvalue weighted by Gasteiger charge is -2.35. The fraction of sp³-hybridized carbons (Fsp3) is 0.267. The third kappa shape index (κ3) is 3.20. The van der Waals surface area contributed by atoms with Crippen LogP contribution in [0.3, 0.4) is 0 Å². The summed E-state index contributed by atoms with van der Waals surface area (Å²) in [7, 11) is 0. The largest absolute Gasteiger partial charge is 0.445 e. The van der Waals surface area contributed by atoms with E-state index in [0.717, 1.165) is 18.8 Å². The first-order valence-corrected chi connectivity index (χ1v) is 7.76. The number of rotatable bonds is 2. The highest BCUT2D eigenvalue weighted by Gasteiger charge is 2.24. The zero-order valence-corrected chi connectivity index (χ0v) is 13.4. The van der Waals surface area contributed by atoms with Crippen LogP contribution in [0.5, 0.6) is 0 Å². The van der Waals surface area contributed by atoms with Crippen LogP contribution in [0.4, 0.5) is 10.1 Å². The van der Waals surface area contributed by atoms with Crippen LogP contribution in [-0.2, 0) is 0 Å². The lowest BCUT2D eigenvalue weighted by atomic mass is 10.2. The molecule has 0 unspecified atom stereocenters. The lowest BCUT2D eigenvalue weighted by molar-refractivity contribution is 0.0713. The molecule has 2 heterocycles. The van der Waals surface area contributed by atoms with Crippen molar-refractivity contribution >= 4 is 34.2 Å². The van der Waals surface area contributed by atoms with Crippen LogP contribution < -0.4 is 4.90 Å². The zero-order chi connectivity index (χ0) is 14.8. The van der Waals surface area contributed by atoms with Gasteiger partial charge in [0.2, 0.25) is 0 Å². The topological polar surface area (TPSA) is 36.7 Å². The summed E-state index contributed by atoms with van der Waals surface area (Å²) in [5.74, 6) is 0.0753. The number of furan rings is 1. The predicted octanol–water partition coefficient (Wildman–Crippen LogP) is 2.99. The maximum atomic E-state index is 12.9. The highest BCUT2D eigenvalue weighted by molar-refractivity contribution is 14.1. The number of nitrogens with zero attached hydrogens (tertiary/aromatic N) is 2. The number of hydrogen-bond donors (Lipinski definition) is 0. The Morgan fingerprint density at radius 3 is 2.29 bits per heavy atom. The minimum absolute atomic E-state index is 0.0725. The molecular formula is C15H14FIN2O2. The Morgan fingerprint density at radius 1 is 1.05 bits per heavy atom. The maximum absolute atomic E-state index is 12.9. The van der Waals surface area contributed by atoms with E-state index in [4.69, 9.17) is 4.42 Å². The van der Waals surface area contributed by atoms with E-state index in [2.05, 4.69) is 4.90 Å². The lowest BCUT2D eigenvalue weighted by Crippen LogP contribution is -2.48. The molecule has 6 heteroatoms. The van der Waals surface area contributed by atoms with E-state index in [1.807, 2.05) is 22.6 Å². The normalized spacial score (nSPS) is 15.3. The molecule has 1 amide bonds. The van der Waals surface area contributed by atoms with Crippen LogP contribution in [0.1, 0.15) is 10.6 Å². The van der Waals surface area contributed by atoms with Gasteiger partial charge >= 0.3 is 0 Å². The molecule has 0 radical (unpaired) electrons. The summed E-state index contributed by atoms with van der Waals surface area (Å²) in [5, 5.41) is 0. The van der Waals surface area contributed by atoms with Crippen molar-refractivity contribution in [3.05, 3.63) is 51.7 Å². The minimum Gasteiger partial charge on any atom is -0.445 e. The summed E-state index contributed by atoms with van der Waals surface area (Å²) in [6, 6.07) is 9.93. The van der Waals surface area contributed by atoms with E-state index in [1.54, 1.807) is 29.2 Å². The van der Waals surface area contributed by atoms with Crippen molar-refractivity contribution in [3.63, 3.8) is 0 Å². The Hall–Kier alpha value is -1.57. The van der Waals surface area contributed by atoms with Crippen molar-refractivity contribution in [2.75, 3.05) is 31.1 Å².